The van der Waals surface area contributed by atoms with Gasteiger partial charge in [0.15, 0.2) is 0 Å². The lowest BCUT2D eigenvalue weighted by Gasteiger charge is -2.08. The first-order valence-corrected chi connectivity index (χ1v) is 8.59. The van der Waals surface area contributed by atoms with Gasteiger partial charge in [-0.15, -0.1) is 0 Å². The molecule has 0 saturated heterocycles. The first kappa shape index (κ1) is 16.1. The van der Waals surface area contributed by atoms with Gasteiger partial charge in [-0.1, -0.05) is 0 Å². The summed E-state index contributed by atoms with van der Waals surface area (Å²) in [5.41, 5.74) is 5.31. The molecule has 1 aliphatic rings. The van der Waals surface area contributed by atoms with E-state index in [2.05, 4.69) is 51.7 Å². The summed E-state index contributed by atoms with van der Waals surface area (Å²) < 4.78 is 1.87. The zero-order valence-electron chi connectivity index (χ0n) is 14.7. The molecule has 7 nitrogen and oxygen atoms in total. The van der Waals surface area contributed by atoms with Crippen molar-refractivity contribution in [2.45, 2.75) is 26.3 Å². The van der Waals surface area contributed by atoms with Crippen LogP contribution in [0.5, 0.6) is 0 Å². The number of hydrogen-bond donors (Lipinski definition) is 2. The second kappa shape index (κ2) is 6.48. The molecule has 1 aliphatic heterocycles. The number of benzene rings is 1. The highest BCUT2D eigenvalue weighted by Gasteiger charge is 2.17. The van der Waals surface area contributed by atoms with Crippen LogP contribution < -0.4 is 10.6 Å². The Morgan fingerprint density at radius 3 is 3.00 bits per heavy atom. The van der Waals surface area contributed by atoms with E-state index in [1.807, 2.05) is 23.0 Å². The lowest BCUT2D eigenvalue weighted by molar-refractivity contribution is 0.532. The first-order valence-electron chi connectivity index (χ1n) is 8.59. The quantitative estimate of drug-likeness (QED) is 0.752. The number of fused-ring (bicyclic) bond motifs is 1. The molecule has 2 N–H and O–H groups in total. The minimum absolute atomic E-state index is 0.294. The fourth-order valence-electron chi connectivity index (χ4n) is 3.06. The van der Waals surface area contributed by atoms with Gasteiger partial charge < -0.3 is 10.6 Å². The average molecular weight is 345 g/mol. The SMILES string of the molecule is CC(C)n1cc(Nc2nccc(-c3cc(C#N)c4c(c3)CCN4)n2)cn1. The van der Waals surface area contributed by atoms with Crippen molar-refractivity contribution < 1.29 is 0 Å². The normalized spacial score (nSPS) is 12.5. The van der Waals surface area contributed by atoms with E-state index in [0.29, 0.717) is 17.6 Å². The van der Waals surface area contributed by atoms with Crippen molar-refractivity contribution in [3.05, 3.63) is 47.9 Å². The monoisotopic (exact) mass is 345 g/mol. The molecule has 26 heavy (non-hydrogen) atoms. The zero-order chi connectivity index (χ0) is 18.1. The molecular formula is C19H19N7. The van der Waals surface area contributed by atoms with Crippen LogP contribution >= 0.6 is 0 Å². The number of nitrogens with one attached hydrogen (secondary N) is 2. The standard InChI is InChI=1S/C19H19N7/c1-12(2)26-11-16(10-23-26)24-19-22-6-4-17(25-19)14-7-13-3-5-21-18(13)15(8-14)9-20/h4,6-8,10-12,21H,3,5H2,1-2H3,(H,22,24,25). The van der Waals surface area contributed by atoms with Gasteiger partial charge in [-0.2, -0.15) is 10.4 Å². The number of anilines is 3. The van der Waals surface area contributed by atoms with Crippen molar-refractivity contribution in [3.63, 3.8) is 0 Å². The molecule has 0 unspecified atom stereocenters. The van der Waals surface area contributed by atoms with Gasteiger partial charge in [0.1, 0.15) is 6.07 Å². The van der Waals surface area contributed by atoms with Crippen LogP contribution in [0.2, 0.25) is 0 Å². The van der Waals surface area contributed by atoms with E-state index in [0.717, 1.165) is 41.2 Å². The maximum absolute atomic E-state index is 9.43. The van der Waals surface area contributed by atoms with Crippen LogP contribution in [-0.2, 0) is 6.42 Å². The van der Waals surface area contributed by atoms with Crippen molar-refractivity contribution in [3.8, 4) is 17.3 Å². The smallest absolute Gasteiger partial charge is 0.227 e. The maximum atomic E-state index is 9.43. The van der Waals surface area contributed by atoms with Gasteiger partial charge in [-0.05, 0) is 44.0 Å². The van der Waals surface area contributed by atoms with Crippen LogP contribution in [0.15, 0.2) is 36.8 Å². The molecule has 0 amide bonds. The Morgan fingerprint density at radius 2 is 2.23 bits per heavy atom. The number of hydrogen-bond acceptors (Lipinski definition) is 6. The third-order valence-electron chi connectivity index (χ3n) is 4.37. The third kappa shape index (κ3) is 2.97. The summed E-state index contributed by atoms with van der Waals surface area (Å²) in [4.78, 5) is 8.90. The Labute approximate surface area is 151 Å². The fraction of sp³-hybridized carbons (Fsp3) is 0.263. The minimum Gasteiger partial charge on any atom is -0.383 e. The van der Waals surface area contributed by atoms with Crippen molar-refractivity contribution in [1.82, 2.24) is 19.7 Å². The number of rotatable bonds is 4. The fourth-order valence-corrected chi connectivity index (χ4v) is 3.06. The summed E-state index contributed by atoms with van der Waals surface area (Å²) in [5.74, 6) is 0.503. The molecule has 0 atom stereocenters. The van der Waals surface area contributed by atoms with Crippen LogP contribution in [0.3, 0.4) is 0 Å². The lowest BCUT2D eigenvalue weighted by atomic mass is 10.0. The molecule has 3 aromatic rings. The molecule has 0 aliphatic carbocycles. The maximum Gasteiger partial charge on any atom is 0.227 e. The molecule has 0 spiro atoms. The van der Waals surface area contributed by atoms with E-state index in [1.54, 1.807) is 12.4 Å². The van der Waals surface area contributed by atoms with E-state index in [9.17, 15) is 5.26 Å². The number of aromatic nitrogens is 4. The second-order valence-electron chi connectivity index (χ2n) is 6.54. The zero-order valence-corrected chi connectivity index (χ0v) is 14.7. The topological polar surface area (TPSA) is 91.5 Å². The minimum atomic E-state index is 0.294. The molecule has 2 aromatic heterocycles. The summed E-state index contributed by atoms with van der Waals surface area (Å²) in [7, 11) is 0. The summed E-state index contributed by atoms with van der Waals surface area (Å²) in [6.07, 6.45) is 6.32. The Hall–Kier alpha value is -3.40. The van der Waals surface area contributed by atoms with Gasteiger partial charge in [-0.3, -0.25) is 4.68 Å². The summed E-state index contributed by atoms with van der Waals surface area (Å²) >= 11 is 0. The summed E-state index contributed by atoms with van der Waals surface area (Å²) in [6.45, 7) is 5.01. The molecule has 3 heterocycles. The molecular weight excluding hydrogens is 326 g/mol. The van der Waals surface area contributed by atoms with E-state index < -0.39 is 0 Å². The van der Waals surface area contributed by atoms with E-state index in [1.165, 1.54) is 0 Å². The number of nitriles is 1. The Bertz CT molecular complexity index is 997. The summed E-state index contributed by atoms with van der Waals surface area (Å²) in [5, 5.41) is 20.2. The van der Waals surface area contributed by atoms with Crippen molar-refractivity contribution in [2.24, 2.45) is 0 Å². The van der Waals surface area contributed by atoms with Gasteiger partial charge in [0.2, 0.25) is 5.95 Å². The van der Waals surface area contributed by atoms with Crippen LogP contribution in [0.4, 0.5) is 17.3 Å². The second-order valence-corrected chi connectivity index (χ2v) is 6.54. The predicted octanol–water partition coefficient (Wildman–Crippen LogP) is 3.50. The Morgan fingerprint density at radius 1 is 1.35 bits per heavy atom. The molecule has 1 aromatic carbocycles. The van der Waals surface area contributed by atoms with Gasteiger partial charge in [-0.25, -0.2) is 9.97 Å². The third-order valence-corrected chi connectivity index (χ3v) is 4.37. The van der Waals surface area contributed by atoms with Gasteiger partial charge >= 0.3 is 0 Å². The van der Waals surface area contributed by atoms with E-state index in [-0.39, 0.29) is 0 Å². The first-order chi connectivity index (χ1) is 12.6. The molecule has 0 saturated carbocycles. The highest BCUT2D eigenvalue weighted by molar-refractivity contribution is 5.74. The van der Waals surface area contributed by atoms with Gasteiger partial charge in [0, 0.05) is 30.5 Å². The van der Waals surface area contributed by atoms with Gasteiger partial charge in [0.25, 0.3) is 0 Å². The lowest BCUT2D eigenvalue weighted by Crippen LogP contribution is -2.00. The molecule has 7 heteroatoms. The van der Waals surface area contributed by atoms with Crippen molar-refractivity contribution >= 4 is 17.3 Å². The molecule has 0 radical (unpaired) electrons. The van der Waals surface area contributed by atoms with Crippen LogP contribution in [0.1, 0.15) is 31.0 Å². The van der Waals surface area contributed by atoms with Crippen LogP contribution in [0.25, 0.3) is 11.3 Å². The average Bonchev–Trinajstić information content (AvgIpc) is 3.30. The Balaban J connectivity index is 1.65. The molecule has 130 valence electrons. The van der Waals surface area contributed by atoms with Crippen molar-refractivity contribution in [1.29, 1.82) is 5.26 Å². The largest absolute Gasteiger partial charge is 0.383 e. The molecule has 0 fully saturated rings. The number of nitrogens with zero attached hydrogens (tertiary/aromatic N) is 5. The van der Waals surface area contributed by atoms with Crippen LogP contribution in [-0.4, -0.2) is 26.3 Å². The highest BCUT2D eigenvalue weighted by Crippen LogP contribution is 2.31. The highest BCUT2D eigenvalue weighted by atomic mass is 15.3. The van der Waals surface area contributed by atoms with Gasteiger partial charge in [0.05, 0.1) is 28.8 Å². The van der Waals surface area contributed by atoms with Crippen molar-refractivity contribution in [2.75, 3.05) is 17.2 Å². The molecule has 0 bridgehead atoms. The van der Waals surface area contributed by atoms with E-state index in [4.69, 9.17) is 0 Å². The van der Waals surface area contributed by atoms with Crippen LogP contribution in [0, 0.1) is 11.3 Å². The molecule has 4 rings (SSSR count). The van der Waals surface area contributed by atoms with E-state index >= 15 is 0 Å². The summed E-state index contributed by atoms with van der Waals surface area (Å²) in [6, 6.07) is 8.39. The predicted molar refractivity (Wildman–Crippen MR) is 100 cm³/mol. The Kier molecular flexibility index (Phi) is 4.01.